The third-order valence-corrected chi connectivity index (χ3v) is 4.36. The summed E-state index contributed by atoms with van der Waals surface area (Å²) in [6, 6.07) is 6.10. The molecule has 0 saturated carbocycles. The molecule has 0 N–H and O–H groups in total. The lowest BCUT2D eigenvalue weighted by atomic mass is 10.1. The van der Waals surface area contributed by atoms with Gasteiger partial charge < -0.3 is 9.42 Å². The lowest BCUT2D eigenvalue weighted by Crippen LogP contribution is -2.46. The van der Waals surface area contributed by atoms with Crippen molar-refractivity contribution in [2.45, 2.75) is 20.4 Å². The molecular weight excluding hydrogens is 286 g/mol. The van der Waals surface area contributed by atoms with Gasteiger partial charge in [-0.3, -0.25) is 4.90 Å². The van der Waals surface area contributed by atoms with Gasteiger partial charge in [0.2, 0.25) is 0 Å². The molecule has 4 nitrogen and oxygen atoms in total. The van der Waals surface area contributed by atoms with Crippen LogP contribution in [-0.4, -0.2) is 36.2 Å². The van der Waals surface area contributed by atoms with Gasteiger partial charge in [-0.15, -0.1) is 0 Å². The van der Waals surface area contributed by atoms with Gasteiger partial charge in [0.25, 0.3) is 0 Å². The molecule has 0 spiro atoms. The topological polar surface area (TPSA) is 32.5 Å². The van der Waals surface area contributed by atoms with Crippen molar-refractivity contribution >= 4 is 17.3 Å². The zero-order valence-electron chi connectivity index (χ0n) is 12.5. The fourth-order valence-corrected chi connectivity index (χ4v) is 2.95. The summed E-state index contributed by atoms with van der Waals surface area (Å²) in [4.78, 5) is 4.86. The Morgan fingerprint density at radius 3 is 2.62 bits per heavy atom. The van der Waals surface area contributed by atoms with Crippen LogP contribution in [0, 0.1) is 13.8 Å². The molecule has 112 valence electrons. The lowest BCUT2D eigenvalue weighted by Gasteiger charge is -2.36. The highest BCUT2D eigenvalue weighted by atomic mass is 35.5. The highest BCUT2D eigenvalue weighted by molar-refractivity contribution is 6.30. The summed E-state index contributed by atoms with van der Waals surface area (Å²) in [7, 11) is 0. The molecule has 2 heterocycles. The van der Waals surface area contributed by atoms with E-state index in [2.05, 4.69) is 34.0 Å². The second-order valence-corrected chi connectivity index (χ2v) is 6.04. The Morgan fingerprint density at radius 2 is 1.95 bits per heavy atom. The fourth-order valence-electron chi connectivity index (χ4n) is 2.78. The second kappa shape index (κ2) is 6.08. The van der Waals surface area contributed by atoms with Crippen molar-refractivity contribution in [3.63, 3.8) is 0 Å². The summed E-state index contributed by atoms with van der Waals surface area (Å²) in [6.07, 6.45) is 1.82. The maximum absolute atomic E-state index is 6.12. The number of hydrogen-bond acceptors (Lipinski definition) is 4. The Bertz CT molecular complexity index is 618. The van der Waals surface area contributed by atoms with E-state index in [0.29, 0.717) is 0 Å². The molecule has 0 bridgehead atoms. The Balaban J connectivity index is 1.62. The first kappa shape index (κ1) is 14.4. The van der Waals surface area contributed by atoms with Crippen molar-refractivity contribution < 1.29 is 4.52 Å². The van der Waals surface area contributed by atoms with E-state index in [-0.39, 0.29) is 0 Å². The molecule has 1 fully saturated rings. The third-order valence-electron chi connectivity index (χ3n) is 4.13. The van der Waals surface area contributed by atoms with E-state index >= 15 is 0 Å². The molecule has 0 amide bonds. The monoisotopic (exact) mass is 305 g/mol. The van der Waals surface area contributed by atoms with Gasteiger partial charge in [0.05, 0.1) is 6.20 Å². The van der Waals surface area contributed by atoms with Crippen LogP contribution in [0.15, 0.2) is 28.9 Å². The molecule has 1 aliphatic rings. The van der Waals surface area contributed by atoms with Crippen LogP contribution in [0.25, 0.3) is 0 Å². The standard InChI is InChI=1S/C16H20ClN3O/c1-12-3-4-15(17)9-16(12)20-7-5-19(6-8-20)11-14-10-18-21-13(14)2/h3-4,9-10H,5-8,11H2,1-2H3. The zero-order valence-corrected chi connectivity index (χ0v) is 13.2. The van der Waals surface area contributed by atoms with Crippen molar-refractivity contribution in [3.05, 3.63) is 46.3 Å². The number of aryl methyl sites for hydroxylation is 2. The Kier molecular flexibility index (Phi) is 4.17. The molecule has 0 atom stereocenters. The predicted molar refractivity (Wildman–Crippen MR) is 84.9 cm³/mol. The number of hydrogen-bond donors (Lipinski definition) is 0. The SMILES string of the molecule is Cc1ccc(Cl)cc1N1CCN(Cc2cnoc2C)CC1. The van der Waals surface area contributed by atoms with Crippen molar-refractivity contribution in [3.8, 4) is 0 Å². The van der Waals surface area contributed by atoms with Gasteiger partial charge in [0.15, 0.2) is 0 Å². The highest BCUT2D eigenvalue weighted by Crippen LogP contribution is 2.25. The minimum absolute atomic E-state index is 0.804. The first-order chi connectivity index (χ1) is 10.1. The van der Waals surface area contributed by atoms with E-state index in [1.165, 1.54) is 16.8 Å². The minimum Gasteiger partial charge on any atom is -0.369 e. The minimum atomic E-state index is 0.804. The van der Waals surface area contributed by atoms with Crippen LogP contribution < -0.4 is 4.90 Å². The smallest absolute Gasteiger partial charge is 0.138 e. The van der Waals surface area contributed by atoms with Crippen LogP contribution in [0.2, 0.25) is 5.02 Å². The molecule has 1 saturated heterocycles. The number of piperazine rings is 1. The molecule has 21 heavy (non-hydrogen) atoms. The normalized spacial score (nSPS) is 16.4. The average molecular weight is 306 g/mol. The van der Waals surface area contributed by atoms with E-state index < -0.39 is 0 Å². The van der Waals surface area contributed by atoms with Gasteiger partial charge in [-0.1, -0.05) is 22.8 Å². The summed E-state index contributed by atoms with van der Waals surface area (Å²) in [5.74, 6) is 0.920. The molecule has 0 aliphatic carbocycles. The van der Waals surface area contributed by atoms with Gasteiger partial charge in [-0.2, -0.15) is 0 Å². The van der Waals surface area contributed by atoms with Gasteiger partial charge in [0.1, 0.15) is 5.76 Å². The molecule has 3 rings (SSSR count). The second-order valence-electron chi connectivity index (χ2n) is 5.60. The molecule has 1 aliphatic heterocycles. The quantitative estimate of drug-likeness (QED) is 0.871. The van der Waals surface area contributed by atoms with Crippen LogP contribution in [0.1, 0.15) is 16.9 Å². The maximum Gasteiger partial charge on any atom is 0.138 e. The van der Waals surface area contributed by atoms with Gasteiger partial charge >= 0.3 is 0 Å². The molecule has 0 radical (unpaired) electrons. The van der Waals surface area contributed by atoms with Crippen LogP contribution in [-0.2, 0) is 6.54 Å². The average Bonchev–Trinajstić information content (AvgIpc) is 2.88. The Labute approximate surface area is 130 Å². The van der Waals surface area contributed by atoms with Gasteiger partial charge in [-0.25, -0.2) is 0 Å². The number of anilines is 1. The molecule has 5 heteroatoms. The first-order valence-electron chi connectivity index (χ1n) is 7.27. The van der Waals surface area contributed by atoms with Gasteiger partial charge in [0, 0.05) is 49.0 Å². The highest BCUT2D eigenvalue weighted by Gasteiger charge is 2.19. The van der Waals surface area contributed by atoms with E-state index in [1.807, 2.05) is 19.2 Å². The van der Waals surface area contributed by atoms with Crippen LogP contribution in [0.3, 0.4) is 0 Å². The molecule has 2 aromatic rings. The van der Waals surface area contributed by atoms with Crippen molar-refractivity contribution in [1.29, 1.82) is 0 Å². The van der Waals surface area contributed by atoms with Crippen molar-refractivity contribution in [2.24, 2.45) is 0 Å². The number of halogens is 1. The van der Waals surface area contributed by atoms with E-state index in [1.54, 1.807) is 0 Å². The molecule has 1 aromatic carbocycles. The van der Waals surface area contributed by atoms with Gasteiger partial charge in [-0.05, 0) is 31.5 Å². The fraction of sp³-hybridized carbons (Fsp3) is 0.438. The van der Waals surface area contributed by atoms with Crippen LogP contribution >= 0.6 is 11.6 Å². The lowest BCUT2D eigenvalue weighted by molar-refractivity contribution is 0.248. The predicted octanol–water partition coefficient (Wildman–Crippen LogP) is 3.27. The third kappa shape index (κ3) is 3.22. The molecule has 1 aromatic heterocycles. The van der Waals surface area contributed by atoms with Crippen molar-refractivity contribution in [2.75, 3.05) is 31.1 Å². The molecular formula is C16H20ClN3O. The van der Waals surface area contributed by atoms with E-state index in [9.17, 15) is 0 Å². The van der Waals surface area contributed by atoms with Crippen molar-refractivity contribution in [1.82, 2.24) is 10.1 Å². The van der Waals surface area contributed by atoms with Crippen LogP contribution in [0.4, 0.5) is 5.69 Å². The Hall–Kier alpha value is -1.52. The summed E-state index contributed by atoms with van der Waals surface area (Å²) in [5, 5.41) is 4.65. The Morgan fingerprint density at radius 1 is 1.19 bits per heavy atom. The summed E-state index contributed by atoms with van der Waals surface area (Å²) in [5.41, 5.74) is 3.72. The number of rotatable bonds is 3. The summed E-state index contributed by atoms with van der Waals surface area (Å²) >= 11 is 6.12. The first-order valence-corrected chi connectivity index (χ1v) is 7.65. The maximum atomic E-state index is 6.12. The summed E-state index contributed by atoms with van der Waals surface area (Å²) in [6.45, 7) is 9.13. The number of nitrogens with zero attached hydrogens (tertiary/aromatic N) is 3. The summed E-state index contributed by atoms with van der Waals surface area (Å²) < 4.78 is 5.12. The number of benzene rings is 1. The largest absolute Gasteiger partial charge is 0.369 e. The van der Waals surface area contributed by atoms with E-state index in [4.69, 9.17) is 16.1 Å². The number of aromatic nitrogens is 1. The van der Waals surface area contributed by atoms with E-state index in [0.717, 1.165) is 43.5 Å². The zero-order chi connectivity index (χ0) is 14.8. The molecule has 0 unspecified atom stereocenters. The van der Waals surface area contributed by atoms with Crippen LogP contribution in [0.5, 0.6) is 0 Å².